The van der Waals surface area contributed by atoms with Gasteiger partial charge in [0.15, 0.2) is 0 Å². The molecule has 25 heavy (non-hydrogen) atoms. The summed E-state index contributed by atoms with van der Waals surface area (Å²) in [5.74, 6) is 0. The maximum absolute atomic E-state index is 14.1. The summed E-state index contributed by atoms with van der Waals surface area (Å²) < 4.78 is 42.8. The zero-order valence-electron chi connectivity index (χ0n) is 12.9. The first kappa shape index (κ1) is 18.7. The van der Waals surface area contributed by atoms with E-state index in [1.54, 1.807) is 23.1 Å². The first-order valence-electron chi connectivity index (χ1n) is 7.46. The molecule has 2 N–H and O–H groups in total. The van der Waals surface area contributed by atoms with Crippen LogP contribution in [-0.2, 0) is 5.41 Å². The Balaban J connectivity index is 2.03. The first-order chi connectivity index (χ1) is 11.6. The van der Waals surface area contributed by atoms with Crippen LogP contribution in [0.5, 0.6) is 0 Å². The second kappa shape index (κ2) is 6.56. The van der Waals surface area contributed by atoms with E-state index in [0.717, 1.165) is 0 Å². The van der Waals surface area contributed by atoms with Gasteiger partial charge in [0.25, 0.3) is 0 Å². The maximum Gasteiger partial charge on any atom is 0.400 e. The Bertz CT molecular complexity index is 793. The molecule has 3 rings (SSSR count). The smallest absolute Gasteiger partial charge is 0.398 e. The molecule has 1 atom stereocenters. The molecule has 1 aliphatic heterocycles. The number of anilines is 2. The zero-order valence-corrected chi connectivity index (χ0v) is 16.0. The van der Waals surface area contributed by atoms with Gasteiger partial charge in [0.1, 0.15) is 5.41 Å². The van der Waals surface area contributed by atoms with Gasteiger partial charge in [0.2, 0.25) is 0 Å². The van der Waals surface area contributed by atoms with Crippen LogP contribution in [0, 0.1) is 0 Å². The molecule has 134 valence electrons. The Hall–Kier alpha value is -1.11. The molecule has 0 radical (unpaired) electrons. The third-order valence-corrected chi connectivity index (χ3v) is 5.70. The molecule has 1 saturated heterocycles. The minimum absolute atomic E-state index is 0.0742. The van der Waals surface area contributed by atoms with Gasteiger partial charge in [-0.25, -0.2) is 0 Å². The lowest BCUT2D eigenvalue weighted by molar-refractivity contribution is -0.184. The molecule has 1 unspecified atom stereocenters. The number of nitrogens with zero attached hydrogens (tertiary/aromatic N) is 1. The van der Waals surface area contributed by atoms with Gasteiger partial charge in [0.05, 0.1) is 0 Å². The summed E-state index contributed by atoms with van der Waals surface area (Å²) in [4.78, 5) is 1.70. The Morgan fingerprint density at radius 1 is 1.08 bits per heavy atom. The molecule has 1 aliphatic rings. The van der Waals surface area contributed by atoms with Crippen molar-refractivity contribution >= 4 is 50.5 Å². The van der Waals surface area contributed by atoms with Crippen LogP contribution in [0.4, 0.5) is 24.5 Å². The summed E-state index contributed by atoms with van der Waals surface area (Å²) in [6.45, 7) is 0.0591. The van der Waals surface area contributed by atoms with Crippen molar-refractivity contribution in [3.8, 4) is 0 Å². The van der Waals surface area contributed by atoms with Crippen molar-refractivity contribution in [1.29, 1.82) is 0 Å². The van der Waals surface area contributed by atoms with Crippen LogP contribution in [0.3, 0.4) is 0 Å². The summed E-state index contributed by atoms with van der Waals surface area (Å²) in [5, 5.41) is 0.389. The van der Waals surface area contributed by atoms with Crippen molar-refractivity contribution in [3.05, 3.63) is 56.5 Å². The predicted molar refractivity (Wildman–Crippen MR) is 99.6 cm³/mol. The molecule has 0 saturated carbocycles. The van der Waals surface area contributed by atoms with Crippen molar-refractivity contribution < 1.29 is 13.2 Å². The van der Waals surface area contributed by atoms with E-state index in [1.165, 1.54) is 18.2 Å². The van der Waals surface area contributed by atoms with Crippen LogP contribution in [0.2, 0.25) is 10.0 Å². The highest BCUT2D eigenvalue weighted by molar-refractivity contribution is 9.10. The number of halogens is 6. The van der Waals surface area contributed by atoms with Gasteiger partial charge in [-0.3, -0.25) is 0 Å². The van der Waals surface area contributed by atoms with Gasteiger partial charge < -0.3 is 10.6 Å². The number of benzene rings is 2. The molecular formula is C17H14BrCl2F3N2. The third-order valence-electron chi connectivity index (χ3n) is 4.58. The monoisotopic (exact) mass is 452 g/mol. The standard InChI is InChI=1S/C17H14BrCl2F3N2/c18-14-8-13(1-2-15(14)24)25-4-3-16(9-25,17(21,22)23)10-5-11(19)7-12(20)6-10/h1-2,5-8H,3-4,9,24H2. The van der Waals surface area contributed by atoms with Gasteiger partial charge in [-0.15, -0.1) is 0 Å². The molecule has 2 aromatic rings. The van der Waals surface area contributed by atoms with Crippen LogP contribution < -0.4 is 10.6 Å². The van der Waals surface area contributed by atoms with E-state index < -0.39 is 11.6 Å². The number of hydrogen-bond acceptors (Lipinski definition) is 2. The lowest BCUT2D eigenvalue weighted by Gasteiger charge is -2.33. The highest BCUT2D eigenvalue weighted by Gasteiger charge is 2.59. The quantitative estimate of drug-likeness (QED) is 0.561. The average Bonchev–Trinajstić information content (AvgIpc) is 2.95. The Morgan fingerprint density at radius 3 is 2.28 bits per heavy atom. The van der Waals surface area contributed by atoms with Gasteiger partial charge >= 0.3 is 6.18 Å². The normalized spacial score (nSPS) is 21.0. The lowest BCUT2D eigenvalue weighted by Crippen LogP contribution is -2.44. The Kier molecular flexibility index (Phi) is 4.90. The van der Waals surface area contributed by atoms with E-state index in [-0.39, 0.29) is 35.1 Å². The molecule has 2 nitrogen and oxygen atoms in total. The lowest BCUT2D eigenvalue weighted by atomic mass is 9.79. The SMILES string of the molecule is Nc1ccc(N2CCC(c3cc(Cl)cc(Cl)c3)(C(F)(F)F)C2)cc1Br. The largest absolute Gasteiger partial charge is 0.400 e. The number of hydrogen-bond donors (Lipinski definition) is 1. The van der Waals surface area contributed by atoms with Crippen LogP contribution in [0.1, 0.15) is 12.0 Å². The number of rotatable bonds is 2. The predicted octanol–water partition coefficient (Wildman–Crippen LogP) is 6.05. The van der Waals surface area contributed by atoms with Gasteiger partial charge in [0, 0.05) is 39.0 Å². The van der Waals surface area contributed by atoms with E-state index in [9.17, 15) is 13.2 Å². The Labute approximate surface area is 161 Å². The minimum Gasteiger partial charge on any atom is -0.398 e. The molecule has 2 aromatic carbocycles. The summed E-state index contributed by atoms with van der Waals surface area (Å²) >= 11 is 15.2. The molecule has 0 aliphatic carbocycles. The second-order valence-corrected chi connectivity index (χ2v) is 7.84. The fourth-order valence-electron chi connectivity index (χ4n) is 3.20. The maximum atomic E-state index is 14.1. The van der Waals surface area contributed by atoms with Crippen molar-refractivity contribution in [2.45, 2.75) is 18.0 Å². The van der Waals surface area contributed by atoms with Gasteiger partial charge in [-0.2, -0.15) is 13.2 Å². The minimum atomic E-state index is -4.43. The second-order valence-electron chi connectivity index (χ2n) is 6.12. The first-order valence-corrected chi connectivity index (χ1v) is 9.00. The fourth-order valence-corrected chi connectivity index (χ4v) is 4.10. The number of alkyl halides is 3. The molecule has 0 aromatic heterocycles. The van der Waals surface area contributed by atoms with E-state index in [0.29, 0.717) is 15.8 Å². The van der Waals surface area contributed by atoms with Crippen molar-refractivity contribution in [3.63, 3.8) is 0 Å². The molecule has 8 heteroatoms. The zero-order chi connectivity index (χ0) is 18.4. The van der Waals surface area contributed by atoms with E-state index in [2.05, 4.69) is 15.9 Å². The topological polar surface area (TPSA) is 29.3 Å². The van der Waals surface area contributed by atoms with Crippen LogP contribution in [0.15, 0.2) is 40.9 Å². The number of nitrogen functional groups attached to an aromatic ring is 1. The fraction of sp³-hybridized carbons (Fsp3) is 0.294. The van der Waals surface area contributed by atoms with Crippen molar-refractivity contribution in [1.82, 2.24) is 0 Å². The summed E-state index contributed by atoms with van der Waals surface area (Å²) in [7, 11) is 0. The van der Waals surface area contributed by atoms with Crippen molar-refractivity contribution in [2.24, 2.45) is 0 Å². The van der Waals surface area contributed by atoms with Gasteiger partial charge in [-0.05, 0) is 64.3 Å². The van der Waals surface area contributed by atoms with E-state index in [1.807, 2.05) is 0 Å². The highest BCUT2D eigenvalue weighted by atomic mass is 79.9. The van der Waals surface area contributed by atoms with Crippen LogP contribution >= 0.6 is 39.1 Å². The summed E-state index contributed by atoms with van der Waals surface area (Å²) in [6.07, 6.45) is -4.50. The molecule has 0 spiro atoms. The summed E-state index contributed by atoms with van der Waals surface area (Å²) in [5.41, 5.74) is 5.05. The van der Waals surface area contributed by atoms with Gasteiger partial charge in [-0.1, -0.05) is 23.2 Å². The highest BCUT2D eigenvalue weighted by Crippen LogP contribution is 2.49. The number of nitrogens with two attached hydrogens (primary N) is 1. The Morgan fingerprint density at radius 2 is 1.72 bits per heavy atom. The average molecular weight is 454 g/mol. The molecule has 1 heterocycles. The van der Waals surface area contributed by atoms with E-state index >= 15 is 0 Å². The summed E-state index contributed by atoms with van der Waals surface area (Å²) in [6, 6.07) is 9.25. The van der Waals surface area contributed by atoms with Crippen LogP contribution in [0.25, 0.3) is 0 Å². The molecular weight excluding hydrogens is 440 g/mol. The van der Waals surface area contributed by atoms with Crippen molar-refractivity contribution in [2.75, 3.05) is 23.7 Å². The van der Waals surface area contributed by atoms with E-state index in [4.69, 9.17) is 28.9 Å². The molecule has 0 bridgehead atoms. The molecule has 0 amide bonds. The van der Waals surface area contributed by atoms with Crippen LogP contribution in [-0.4, -0.2) is 19.3 Å². The third kappa shape index (κ3) is 3.44. The molecule has 1 fully saturated rings.